The topological polar surface area (TPSA) is 264 Å². The summed E-state index contributed by atoms with van der Waals surface area (Å²) in [5.74, 6) is -7.34. The molecule has 1 amide bonds. The van der Waals surface area contributed by atoms with E-state index in [1.165, 1.54) is 13.8 Å². The molecule has 3 aliphatic carbocycles. The Morgan fingerprint density at radius 3 is 2.46 bits per heavy atom. The van der Waals surface area contributed by atoms with Gasteiger partial charge in [-0.15, -0.1) is 0 Å². The van der Waals surface area contributed by atoms with E-state index < -0.39 is 106 Å². The summed E-state index contributed by atoms with van der Waals surface area (Å²) in [6, 6.07) is 6.28. The van der Waals surface area contributed by atoms with Crippen LogP contribution in [0.5, 0.6) is 0 Å². The Bertz CT molecular complexity index is 2690. The van der Waals surface area contributed by atoms with Crippen LogP contribution >= 0.6 is 0 Å². The molecule has 6 N–H and O–H groups in total. The van der Waals surface area contributed by atoms with Crippen molar-refractivity contribution in [1.82, 2.24) is 15.2 Å². The molecular weight excluding hydrogens is 1350 g/mol. The predicted molar refractivity (Wildman–Crippen MR) is 245 cm³/mol. The maximum atomic E-state index is 15.2. The third kappa shape index (κ3) is 8.99. The number of amides is 1. The zero-order chi connectivity index (χ0) is 49.9. The van der Waals surface area contributed by atoms with E-state index in [4.69, 9.17) is 28.9 Å². The molecule has 0 spiro atoms. The number of rotatable bonds is 10. The molecule has 2 saturated heterocycles. The van der Waals surface area contributed by atoms with E-state index in [9.17, 15) is 44.7 Å². The fourth-order valence-electron chi connectivity index (χ4n) is 13.0. The smallest absolute Gasteiger partial charge is 0.337 e. The van der Waals surface area contributed by atoms with Crippen LogP contribution in [0.3, 0.4) is 0 Å². The van der Waals surface area contributed by atoms with Crippen molar-refractivity contribution >= 4 is 46.7 Å². The minimum atomic E-state index is -1.90. The number of benzene rings is 1. The van der Waals surface area contributed by atoms with Crippen molar-refractivity contribution < 1.29 is 157 Å². The number of carbonyl (C=O) groups excluding carboxylic acids is 5. The van der Waals surface area contributed by atoms with Gasteiger partial charge in [-0.2, -0.15) is 0 Å². The molecule has 13 atom stereocenters. The zero-order valence-electron chi connectivity index (χ0n) is 41.3. The van der Waals surface area contributed by atoms with Crippen molar-refractivity contribution in [1.29, 1.82) is 0 Å². The van der Waals surface area contributed by atoms with Crippen molar-refractivity contribution in [2.24, 2.45) is 27.7 Å². The number of ketones is 1. The molecule has 71 heavy (non-hydrogen) atoms. The predicted octanol–water partition coefficient (Wildman–Crippen LogP) is 2.69. The van der Waals surface area contributed by atoms with Crippen LogP contribution in [0.2, 0.25) is 0 Å². The number of Topliss-reactive ketones (excluding diaryl/α,β-unsaturated/α-hetero) is 1. The van der Waals surface area contributed by atoms with Gasteiger partial charge in [-0.05, 0) is 55.6 Å². The Hall–Kier alpha value is -2.49. The number of carbonyl (C=O) groups is 5. The van der Waals surface area contributed by atoms with Crippen LogP contribution in [0.4, 0.5) is 0 Å². The van der Waals surface area contributed by atoms with Gasteiger partial charge in [-0.25, -0.2) is 9.78 Å². The van der Waals surface area contributed by atoms with E-state index >= 15 is 4.79 Å². The molecule has 2 radical (unpaired) electrons. The number of pyridine rings is 1. The summed E-state index contributed by atoms with van der Waals surface area (Å²) in [7, 11) is 0. The van der Waals surface area contributed by atoms with Gasteiger partial charge in [0.15, 0.2) is 11.9 Å². The molecule has 9 rings (SSSR count). The Morgan fingerprint density at radius 2 is 1.80 bits per heavy atom. The second-order valence-corrected chi connectivity index (χ2v) is 20.9. The van der Waals surface area contributed by atoms with Gasteiger partial charge >= 0.3 is 17.9 Å². The first kappa shape index (κ1) is 56.2. The van der Waals surface area contributed by atoms with Crippen molar-refractivity contribution in [3.8, 4) is 0 Å². The zero-order valence-corrected chi connectivity index (χ0v) is 50.8. The van der Waals surface area contributed by atoms with Gasteiger partial charge in [-0.3, -0.25) is 24.2 Å². The van der Waals surface area contributed by atoms with E-state index in [1.54, 1.807) is 47.8 Å². The number of aliphatic hydroxyl groups is 5. The Labute approximate surface area is 483 Å². The molecule has 18 nitrogen and oxygen atoms in total. The van der Waals surface area contributed by atoms with Crippen molar-refractivity contribution in [3.63, 3.8) is 0 Å². The van der Waals surface area contributed by atoms with Crippen LogP contribution in [-0.4, -0.2) is 138 Å². The van der Waals surface area contributed by atoms with Gasteiger partial charge in [0, 0.05) is 173 Å². The van der Waals surface area contributed by atoms with Gasteiger partial charge < -0.3 is 54.7 Å². The summed E-state index contributed by atoms with van der Waals surface area (Å²) in [5.41, 5.74) is -1.81. The molecule has 4 aliphatic heterocycles. The summed E-state index contributed by atoms with van der Waals surface area (Å²) < 4.78 is 23.3. The first-order valence-electron chi connectivity index (χ1n) is 23.8. The van der Waals surface area contributed by atoms with Crippen LogP contribution in [-0.2, 0) is 49.5 Å². The number of nitrogens with one attached hydrogen (secondary N) is 1. The van der Waals surface area contributed by atoms with Gasteiger partial charge in [0.05, 0.1) is 59.9 Å². The molecule has 5 heterocycles. The molecular formula is C51H62Ac2N4O14. The third-order valence-corrected chi connectivity index (χ3v) is 16.7. The van der Waals surface area contributed by atoms with E-state index in [-0.39, 0.29) is 145 Å². The molecule has 4 fully saturated rings. The van der Waals surface area contributed by atoms with E-state index in [0.717, 1.165) is 27.7 Å². The maximum Gasteiger partial charge on any atom is 0.337 e. The summed E-state index contributed by atoms with van der Waals surface area (Å²) >= 11 is 0. The Morgan fingerprint density at radius 1 is 1.10 bits per heavy atom. The average molecular weight is 1410 g/mol. The standard InChI is InChI=1S/C51H62N4O14.2Ac/c1-9-51(65)32-17-34-41-31(22-55(34)21-28(32)16-39(58)69-51)30(29-12-10-11-13-33(29)54-41)20-52-15-14-38(57)68-36-18-37-49(63,23-66-37)44-25(3)50(64)19-35(67-46(62)42(59)26(4)53-27(5)56)24(2)40(47(50,6)7)43(60)45(61)48(36,44)8;;/h10-13,17,20-21,25-26,34-37,42-44,59-60,63-65H,9,14-16,18-19,22-23H2,1-8H3,(H,53,56);;/t25-,26-,34?,35-,36-,37+,42+,43+,44?,48+,49-,50+,51+;;/m0../s1. The average Bonchev–Trinajstić information content (AvgIpc) is 3.64. The number of cyclic esters (lactones) is 1. The quantitative estimate of drug-likeness (QED) is 0.0865. The number of para-hydroxylation sites is 1. The summed E-state index contributed by atoms with van der Waals surface area (Å²) in [5, 5.41) is 63.1. The monoisotopic (exact) mass is 1410 g/mol. The normalized spacial score (nSPS) is 35.2. The molecule has 1 aromatic carbocycles. The maximum absolute atomic E-state index is 15.2. The number of nitrogens with zero attached hydrogens (tertiary/aromatic N) is 3. The molecule has 1 aromatic heterocycles. The van der Waals surface area contributed by atoms with Gasteiger partial charge in [0.1, 0.15) is 23.9 Å². The molecule has 7 aliphatic rings. The van der Waals surface area contributed by atoms with Gasteiger partial charge in [0.25, 0.3) is 0 Å². The Kier molecular flexibility index (Phi) is 16.0. The molecule has 2 saturated carbocycles. The van der Waals surface area contributed by atoms with E-state index in [1.807, 2.05) is 36.5 Å². The van der Waals surface area contributed by atoms with E-state index in [2.05, 4.69) is 10.2 Å². The number of aromatic nitrogens is 1. The minimum absolute atomic E-state index is 0. The summed E-state index contributed by atoms with van der Waals surface area (Å²) in [6.07, 6.45) is -1.74. The minimum Gasteiger partial charge on any atom is -0.461 e. The molecule has 376 valence electrons. The fourth-order valence-corrected chi connectivity index (χ4v) is 13.0. The van der Waals surface area contributed by atoms with Crippen LogP contribution in [0.15, 0.2) is 63.8 Å². The van der Waals surface area contributed by atoms with Crippen molar-refractivity contribution in [3.05, 3.63) is 75.7 Å². The first-order chi connectivity index (χ1) is 32.4. The number of aliphatic imine (C=N–C) groups is 1. The molecule has 20 heteroatoms. The Balaban J connectivity index is 0.00000371. The van der Waals surface area contributed by atoms with Crippen LogP contribution < -0.4 is 5.32 Å². The number of fused-ring (bicyclic) bond motifs is 10. The number of hydrogen-bond acceptors (Lipinski definition) is 17. The number of esters is 3. The molecule has 2 unspecified atom stereocenters. The second kappa shape index (κ2) is 20.2. The van der Waals surface area contributed by atoms with Crippen LogP contribution in [0.25, 0.3) is 10.9 Å². The number of aliphatic hydroxyl groups excluding tert-OH is 2. The summed E-state index contributed by atoms with van der Waals surface area (Å²) in [4.78, 5) is 78.4. The third-order valence-electron chi connectivity index (χ3n) is 16.7. The van der Waals surface area contributed by atoms with Crippen LogP contribution in [0, 0.1) is 111 Å². The number of ether oxygens (including phenoxy) is 4. The van der Waals surface area contributed by atoms with Crippen molar-refractivity contribution in [2.45, 2.75) is 154 Å². The van der Waals surface area contributed by atoms with Gasteiger partial charge in [0.2, 0.25) is 11.7 Å². The summed E-state index contributed by atoms with van der Waals surface area (Å²) in [6.45, 7) is 12.9. The number of hydrogen-bond donors (Lipinski definition) is 6. The van der Waals surface area contributed by atoms with Gasteiger partial charge in [-0.1, -0.05) is 45.9 Å². The molecule has 2 bridgehead atoms. The fraction of sp³-hybridized carbons (Fsp3) is 0.588. The van der Waals surface area contributed by atoms with Crippen LogP contribution in [0.1, 0.15) is 110 Å². The second-order valence-electron chi connectivity index (χ2n) is 20.9. The largest absolute Gasteiger partial charge is 0.461 e. The first-order valence-corrected chi connectivity index (χ1v) is 23.8. The SMILES string of the molecule is CC[C@@]1(O)OC(=O)CC2=CN3Cc4c(nc5ccccc5c4C=NCCC(=O)O[C@H]4C[C@H]5OC[C@@]5(O)C5[C@H](C)[C@]6(O)C[C@H](OC(=O)[C@H](O)[C@H](C)NC(C)=O)C(C)=C([C@@H](O)C(=O)[C@@]54C)C6(C)C)C3C=C21.[Ac].[Ac]. The van der Waals surface area contributed by atoms with E-state index in [0.29, 0.717) is 23.3 Å². The molecule has 2 aromatic rings. The van der Waals surface area contributed by atoms with Crippen molar-refractivity contribution in [2.75, 3.05) is 13.2 Å².